The number of hydrogen-bond acceptors (Lipinski definition) is 5. The van der Waals surface area contributed by atoms with E-state index in [0.29, 0.717) is 25.4 Å². The Morgan fingerprint density at radius 3 is 2.62 bits per heavy atom. The number of sulfone groups is 1. The molecule has 2 aliphatic rings. The predicted octanol–water partition coefficient (Wildman–Crippen LogP) is -0.309. The molecule has 0 aliphatic carbocycles. The molecule has 2 heterocycles. The molecule has 2 N–H and O–H groups in total. The first kappa shape index (κ1) is 16.7. The van der Waals surface area contributed by atoms with Crippen LogP contribution in [0.5, 0.6) is 0 Å². The maximum Gasteiger partial charge on any atom is 0.237 e. The van der Waals surface area contributed by atoms with E-state index in [1.165, 1.54) is 0 Å². The second-order valence-electron chi connectivity index (χ2n) is 6.40. The van der Waals surface area contributed by atoms with Crippen molar-refractivity contribution in [1.82, 2.24) is 9.80 Å². The Balaban J connectivity index is 1.92. The smallest absolute Gasteiger partial charge is 0.237 e. The first-order chi connectivity index (χ1) is 9.82. The van der Waals surface area contributed by atoms with Crippen LogP contribution in [0.4, 0.5) is 0 Å². The number of likely N-dealkylation sites (N-methyl/N-ethyl adjacent to an activating group) is 1. The lowest BCUT2D eigenvalue weighted by Crippen LogP contribution is -2.52. The number of amides is 1. The summed E-state index contributed by atoms with van der Waals surface area (Å²) in [6.45, 7) is 6.60. The monoisotopic (exact) mass is 317 g/mol. The van der Waals surface area contributed by atoms with E-state index in [-0.39, 0.29) is 29.5 Å². The molecule has 6 nitrogen and oxygen atoms in total. The van der Waals surface area contributed by atoms with Gasteiger partial charge in [-0.05, 0) is 32.2 Å². The van der Waals surface area contributed by atoms with Gasteiger partial charge >= 0.3 is 0 Å². The number of nitrogens with zero attached hydrogens (tertiary/aromatic N) is 2. The molecule has 3 unspecified atom stereocenters. The van der Waals surface area contributed by atoms with E-state index in [1.807, 2.05) is 6.92 Å². The topological polar surface area (TPSA) is 83.7 Å². The third-order valence-electron chi connectivity index (χ3n) is 4.77. The van der Waals surface area contributed by atoms with Crippen molar-refractivity contribution in [2.75, 3.05) is 37.7 Å². The van der Waals surface area contributed by atoms with E-state index in [4.69, 9.17) is 5.73 Å². The van der Waals surface area contributed by atoms with Gasteiger partial charge in [-0.1, -0.05) is 6.92 Å². The second-order valence-corrected chi connectivity index (χ2v) is 8.63. The van der Waals surface area contributed by atoms with Crippen LogP contribution < -0.4 is 5.73 Å². The van der Waals surface area contributed by atoms with Crippen LogP contribution in [0, 0.1) is 5.92 Å². The fraction of sp³-hybridized carbons (Fsp3) is 0.929. The molecule has 0 aromatic heterocycles. The van der Waals surface area contributed by atoms with Crippen LogP contribution >= 0.6 is 0 Å². The molecule has 7 heteroatoms. The summed E-state index contributed by atoms with van der Waals surface area (Å²) in [7, 11) is -2.96. The van der Waals surface area contributed by atoms with Crippen LogP contribution in [0.15, 0.2) is 0 Å². The van der Waals surface area contributed by atoms with Gasteiger partial charge in [-0.3, -0.25) is 9.69 Å². The number of likely N-dealkylation sites (tertiary alicyclic amines) is 1. The van der Waals surface area contributed by atoms with E-state index in [2.05, 4.69) is 11.8 Å². The highest BCUT2D eigenvalue weighted by Gasteiger charge is 2.34. The normalized spacial score (nSPS) is 33.0. The SMILES string of the molecule is CCN(C(=O)CN1CCC(C)C(N)C1)C1CCS(=O)(=O)C1. The van der Waals surface area contributed by atoms with Crippen molar-refractivity contribution in [3.63, 3.8) is 0 Å². The average Bonchev–Trinajstić information content (AvgIpc) is 2.75. The molecule has 1 amide bonds. The van der Waals surface area contributed by atoms with Gasteiger partial charge in [0.2, 0.25) is 5.91 Å². The molecular weight excluding hydrogens is 290 g/mol. The standard InChI is InChI=1S/C14H27N3O3S/c1-3-17(12-5-7-21(19,20)10-12)14(18)9-16-6-4-11(2)13(15)8-16/h11-13H,3-10,15H2,1-2H3. The van der Waals surface area contributed by atoms with Crippen molar-refractivity contribution in [1.29, 1.82) is 0 Å². The van der Waals surface area contributed by atoms with Crippen molar-refractivity contribution in [2.24, 2.45) is 11.7 Å². The molecule has 122 valence electrons. The predicted molar refractivity (Wildman–Crippen MR) is 82.6 cm³/mol. The van der Waals surface area contributed by atoms with Gasteiger partial charge in [0.15, 0.2) is 9.84 Å². The fourth-order valence-corrected chi connectivity index (χ4v) is 4.99. The number of rotatable bonds is 4. The van der Waals surface area contributed by atoms with Gasteiger partial charge in [-0.2, -0.15) is 0 Å². The summed E-state index contributed by atoms with van der Waals surface area (Å²) in [5, 5.41) is 0. The fourth-order valence-electron chi connectivity index (χ4n) is 3.25. The molecule has 0 saturated carbocycles. The van der Waals surface area contributed by atoms with Gasteiger partial charge in [-0.15, -0.1) is 0 Å². The summed E-state index contributed by atoms with van der Waals surface area (Å²) in [6, 6.07) is -0.0293. The van der Waals surface area contributed by atoms with Gasteiger partial charge in [0, 0.05) is 25.2 Å². The Bertz CT molecular complexity index is 480. The number of carbonyl (C=O) groups excluding carboxylic acids is 1. The van der Waals surface area contributed by atoms with Crippen LogP contribution in [-0.2, 0) is 14.6 Å². The zero-order valence-corrected chi connectivity index (χ0v) is 13.8. The maximum atomic E-state index is 12.5. The third kappa shape index (κ3) is 4.17. The van der Waals surface area contributed by atoms with Gasteiger partial charge in [0.25, 0.3) is 0 Å². The van der Waals surface area contributed by atoms with Crippen LogP contribution in [0.1, 0.15) is 26.7 Å². The minimum Gasteiger partial charge on any atom is -0.338 e. The van der Waals surface area contributed by atoms with Crippen molar-refractivity contribution in [2.45, 2.75) is 38.8 Å². The Hall–Kier alpha value is -0.660. The summed E-state index contributed by atoms with van der Waals surface area (Å²) in [5.74, 6) is 0.844. The van der Waals surface area contributed by atoms with E-state index in [0.717, 1.165) is 19.5 Å². The van der Waals surface area contributed by atoms with Crippen molar-refractivity contribution < 1.29 is 13.2 Å². The van der Waals surface area contributed by atoms with E-state index in [9.17, 15) is 13.2 Å². The molecule has 2 rings (SSSR count). The van der Waals surface area contributed by atoms with Crippen LogP contribution in [0.25, 0.3) is 0 Å². The van der Waals surface area contributed by atoms with Crippen molar-refractivity contribution >= 4 is 15.7 Å². The lowest BCUT2D eigenvalue weighted by atomic mass is 9.94. The van der Waals surface area contributed by atoms with E-state index in [1.54, 1.807) is 4.90 Å². The van der Waals surface area contributed by atoms with Crippen molar-refractivity contribution in [3.8, 4) is 0 Å². The summed E-state index contributed by atoms with van der Waals surface area (Å²) in [6.07, 6.45) is 1.58. The molecule has 21 heavy (non-hydrogen) atoms. The maximum absolute atomic E-state index is 12.5. The Morgan fingerprint density at radius 2 is 2.10 bits per heavy atom. The van der Waals surface area contributed by atoms with Gasteiger partial charge in [-0.25, -0.2) is 8.42 Å². The summed E-state index contributed by atoms with van der Waals surface area (Å²) in [5.41, 5.74) is 6.06. The average molecular weight is 317 g/mol. The molecule has 0 aromatic rings. The van der Waals surface area contributed by atoms with Crippen LogP contribution in [0.3, 0.4) is 0 Å². The number of hydrogen-bond donors (Lipinski definition) is 1. The van der Waals surface area contributed by atoms with Gasteiger partial charge in [0.1, 0.15) is 0 Å². The molecule has 0 aromatic carbocycles. The van der Waals surface area contributed by atoms with Crippen LogP contribution in [0.2, 0.25) is 0 Å². The zero-order chi connectivity index (χ0) is 15.6. The van der Waals surface area contributed by atoms with E-state index >= 15 is 0 Å². The number of nitrogens with two attached hydrogens (primary N) is 1. The van der Waals surface area contributed by atoms with Gasteiger partial charge < -0.3 is 10.6 Å². The minimum atomic E-state index is -2.96. The second kappa shape index (κ2) is 6.62. The molecular formula is C14H27N3O3S. The Labute approximate surface area is 127 Å². The Kier molecular flexibility index (Phi) is 5.27. The number of carbonyl (C=O) groups is 1. The van der Waals surface area contributed by atoms with E-state index < -0.39 is 9.84 Å². The molecule has 2 fully saturated rings. The molecule has 0 bridgehead atoms. The first-order valence-corrected chi connectivity index (χ1v) is 9.62. The zero-order valence-electron chi connectivity index (χ0n) is 13.0. The highest BCUT2D eigenvalue weighted by atomic mass is 32.2. The van der Waals surface area contributed by atoms with Gasteiger partial charge in [0.05, 0.1) is 18.1 Å². The molecule has 2 aliphatic heterocycles. The lowest BCUT2D eigenvalue weighted by molar-refractivity contribution is -0.134. The summed E-state index contributed by atoms with van der Waals surface area (Å²) >= 11 is 0. The highest BCUT2D eigenvalue weighted by Crippen LogP contribution is 2.19. The molecule has 0 radical (unpaired) electrons. The third-order valence-corrected chi connectivity index (χ3v) is 6.52. The lowest BCUT2D eigenvalue weighted by Gasteiger charge is -2.36. The van der Waals surface area contributed by atoms with Crippen LogP contribution in [-0.4, -0.2) is 73.9 Å². The molecule has 0 spiro atoms. The first-order valence-electron chi connectivity index (χ1n) is 7.80. The molecule has 2 saturated heterocycles. The quantitative estimate of drug-likeness (QED) is 0.769. The summed E-state index contributed by atoms with van der Waals surface area (Å²) < 4.78 is 23.2. The van der Waals surface area contributed by atoms with Crippen molar-refractivity contribution in [3.05, 3.63) is 0 Å². The summed E-state index contributed by atoms with van der Waals surface area (Å²) in [4.78, 5) is 16.3. The minimum absolute atomic E-state index is 0.0290. The number of piperidine rings is 1. The largest absolute Gasteiger partial charge is 0.338 e. The highest BCUT2D eigenvalue weighted by molar-refractivity contribution is 7.91. The Morgan fingerprint density at radius 1 is 1.38 bits per heavy atom. The molecule has 3 atom stereocenters.